The summed E-state index contributed by atoms with van der Waals surface area (Å²) in [6.45, 7) is 2.43. The summed E-state index contributed by atoms with van der Waals surface area (Å²) in [5, 5.41) is 15.1. The van der Waals surface area contributed by atoms with Gasteiger partial charge in [-0.25, -0.2) is 4.68 Å². The average molecular weight is 417 g/mol. The summed E-state index contributed by atoms with van der Waals surface area (Å²) in [5.41, 5.74) is 3.46. The van der Waals surface area contributed by atoms with Gasteiger partial charge in [-0.2, -0.15) is 10.2 Å². The van der Waals surface area contributed by atoms with Crippen LogP contribution in [0.2, 0.25) is 5.02 Å². The fraction of sp³-hybridized carbons (Fsp3) is 0.368. The highest BCUT2D eigenvalue weighted by Crippen LogP contribution is 2.42. The number of hydrogen-bond donors (Lipinski definition) is 2. The minimum atomic E-state index is -0.122. The number of aromatic nitrogens is 5. The molecule has 2 N–H and O–H groups in total. The highest BCUT2D eigenvalue weighted by Gasteiger charge is 2.33. The zero-order valence-electron chi connectivity index (χ0n) is 15.7. The number of carbonyl (C=O) groups is 1. The van der Waals surface area contributed by atoms with E-state index in [1.807, 2.05) is 36.9 Å². The fourth-order valence-corrected chi connectivity index (χ4v) is 3.51. The van der Waals surface area contributed by atoms with E-state index in [-0.39, 0.29) is 5.91 Å². The highest BCUT2D eigenvalue weighted by atomic mass is 35.5. The van der Waals surface area contributed by atoms with E-state index in [1.165, 1.54) is 0 Å². The summed E-state index contributed by atoms with van der Waals surface area (Å²) in [7, 11) is 1.85. The van der Waals surface area contributed by atoms with Gasteiger partial charge in [0.25, 0.3) is 5.91 Å². The van der Waals surface area contributed by atoms with E-state index in [0.717, 1.165) is 35.6 Å². The minimum absolute atomic E-state index is 0.122. The summed E-state index contributed by atoms with van der Waals surface area (Å²) in [5.74, 6) is 1.04. The molecule has 1 aliphatic rings. The number of hydrogen-bond acceptors (Lipinski definition) is 4. The van der Waals surface area contributed by atoms with Crippen LogP contribution in [-0.2, 0) is 13.5 Å². The van der Waals surface area contributed by atoms with Crippen LogP contribution in [0.3, 0.4) is 0 Å². The average Bonchev–Trinajstić information content (AvgIpc) is 3.35. The second kappa shape index (κ2) is 7.52. The number of nitrogens with one attached hydrogen (secondary N) is 2. The van der Waals surface area contributed by atoms with Gasteiger partial charge in [-0.1, -0.05) is 17.7 Å². The van der Waals surface area contributed by atoms with Crippen molar-refractivity contribution in [3.63, 3.8) is 0 Å². The van der Waals surface area contributed by atoms with Crippen LogP contribution in [0.1, 0.15) is 46.2 Å². The maximum absolute atomic E-state index is 12.8. The van der Waals surface area contributed by atoms with E-state index in [9.17, 15) is 4.79 Å². The number of aryl methyl sites for hydroxylation is 1. The molecule has 0 unspecified atom stereocenters. The fourth-order valence-electron chi connectivity index (χ4n) is 3.19. The molecule has 1 aromatic carbocycles. The van der Waals surface area contributed by atoms with E-state index in [0.29, 0.717) is 34.2 Å². The Morgan fingerprint density at radius 3 is 2.86 bits per heavy atom. The molecule has 1 amide bonds. The van der Waals surface area contributed by atoms with Gasteiger partial charge in [0.1, 0.15) is 5.82 Å². The van der Waals surface area contributed by atoms with Crippen LogP contribution < -0.4 is 5.32 Å². The summed E-state index contributed by atoms with van der Waals surface area (Å²) in [4.78, 5) is 12.8. The molecule has 0 saturated heterocycles. The van der Waals surface area contributed by atoms with E-state index in [4.69, 9.17) is 23.8 Å². The molecule has 28 heavy (non-hydrogen) atoms. The first-order valence-corrected chi connectivity index (χ1v) is 9.97. The Kier molecular flexibility index (Phi) is 5.07. The molecular weight excluding hydrogens is 396 g/mol. The van der Waals surface area contributed by atoms with Gasteiger partial charge in [0.15, 0.2) is 4.77 Å². The van der Waals surface area contributed by atoms with Crippen molar-refractivity contribution in [2.75, 3.05) is 6.54 Å². The predicted octanol–water partition coefficient (Wildman–Crippen LogP) is 3.48. The molecule has 0 atom stereocenters. The lowest BCUT2D eigenvalue weighted by molar-refractivity contribution is 0.0953. The Labute approximate surface area is 172 Å². The Morgan fingerprint density at radius 2 is 2.21 bits per heavy atom. The Morgan fingerprint density at radius 1 is 1.43 bits per heavy atom. The molecule has 3 aromatic rings. The van der Waals surface area contributed by atoms with Crippen molar-refractivity contribution < 1.29 is 4.79 Å². The number of carbonyl (C=O) groups excluding carboxylic acids is 1. The minimum Gasteiger partial charge on any atom is -0.351 e. The number of halogens is 1. The largest absolute Gasteiger partial charge is 0.351 e. The van der Waals surface area contributed by atoms with Gasteiger partial charge in [-0.05, 0) is 49.7 Å². The van der Waals surface area contributed by atoms with E-state index in [1.54, 1.807) is 10.8 Å². The molecule has 0 aliphatic heterocycles. The van der Waals surface area contributed by atoms with E-state index in [2.05, 4.69) is 20.6 Å². The highest BCUT2D eigenvalue weighted by molar-refractivity contribution is 7.71. The molecule has 1 saturated carbocycles. The molecule has 0 bridgehead atoms. The third kappa shape index (κ3) is 3.62. The second-order valence-corrected chi connectivity index (χ2v) is 7.87. The molecule has 9 heteroatoms. The quantitative estimate of drug-likeness (QED) is 0.603. The second-order valence-electron chi connectivity index (χ2n) is 7.07. The van der Waals surface area contributed by atoms with Crippen LogP contribution >= 0.6 is 23.8 Å². The molecule has 1 aliphatic carbocycles. The normalized spacial score (nSPS) is 13.7. The third-order valence-electron chi connectivity index (χ3n) is 5.02. The molecule has 4 rings (SSSR count). The van der Waals surface area contributed by atoms with Crippen LogP contribution in [-0.4, -0.2) is 37.0 Å². The Balaban J connectivity index is 1.53. The van der Waals surface area contributed by atoms with Gasteiger partial charge < -0.3 is 9.88 Å². The SMILES string of the molecule is Cc1ccc(-n2ncc(C(=O)NCCc3n[nH]c(=S)n3C)c2C2CC2)cc1Cl. The van der Waals surface area contributed by atoms with Crippen molar-refractivity contribution in [2.45, 2.75) is 32.1 Å². The predicted molar refractivity (Wildman–Crippen MR) is 110 cm³/mol. The maximum atomic E-state index is 12.8. The molecule has 1 fully saturated rings. The van der Waals surface area contributed by atoms with Crippen molar-refractivity contribution in [1.29, 1.82) is 0 Å². The molecule has 0 spiro atoms. The lowest BCUT2D eigenvalue weighted by Crippen LogP contribution is -2.27. The van der Waals surface area contributed by atoms with E-state index >= 15 is 0 Å². The number of H-pyrrole nitrogens is 1. The van der Waals surface area contributed by atoms with Crippen LogP contribution in [0.5, 0.6) is 0 Å². The smallest absolute Gasteiger partial charge is 0.254 e. The first-order chi connectivity index (χ1) is 13.5. The monoisotopic (exact) mass is 416 g/mol. The van der Waals surface area contributed by atoms with Gasteiger partial charge >= 0.3 is 0 Å². The van der Waals surface area contributed by atoms with Gasteiger partial charge in [0.05, 0.1) is 23.1 Å². The summed E-state index contributed by atoms with van der Waals surface area (Å²) in [6.07, 6.45) is 4.37. The molecule has 2 heterocycles. The van der Waals surface area contributed by atoms with Crippen molar-refractivity contribution >= 4 is 29.7 Å². The summed E-state index contributed by atoms with van der Waals surface area (Å²) < 4.78 is 4.21. The lowest BCUT2D eigenvalue weighted by atomic mass is 10.1. The lowest BCUT2D eigenvalue weighted by Gasteiger charge is -2.10. The van der Waals surface area contributed by atoms with Gasteiger partial charge in [0.2, 0.25) is 0 Å². The van der Waals surface area contributed by atoms with Crippen molar-refractivity contribution in [2.24, 2.45) is 7.05 Å². The van der Waals surface area contributed by atoms with Crippen molar-refractivity contribution in [1.82, 2.24) is 29.9 Å². The molecular formula is C19H21ClN6OS. The molecule has 146 valence electrons. The van der Waals surface area contributed by atoms with Crippen LogP contribution in [0.15, 0.2) is 24.4 Å². The Bertz CT molecular complexity index is 1090. The molecule has 2 aromatic heterocycles. The number of aromatic amines is 1. The van der Waals surface area contributed by atoms with Crippen molar-refractivity contribution in [3.05, 3.63) is 56.8 Å². The van der Waals surface area contributed by atoms with Crippen LogP contribution in [0.25, 0.3) is 5.69 Å². The van der Waals surface area contributed by atoms with Gasteiger partial charge in [-0.3, -0.25) is 9.89 Å². The summed E-state index contributed by atoms with van der Waals surface area (Å²) >= 11 is 11.4. The van der Waals surface area contributed by atoms with Gasteiger partial charge in [0, 0.05) is 31.0 Å². The molecule has 0 radical (unpaired) electrons. The number of nitrogens with zero attached hydrogens (tertiary/aromatic N) is 4. The number of benzene rings is 1. The molecule has 7 nitrogen and oxygen atoms in total. The standard InChI is InChI=1S/C19H21ClN6OS/c1-11-3-6-13(9-15(11)20)26-17(12-4-5-12)14(10-22-26)18(27)21-8-7-16-23-24-19(28)25(16)2/h3,6,9-10,12H,4-5,7-8H2,1-2H3,(H,21,27)(H,24,28). The van der Waals surface area contributed by atoms with Crippen molar-refractivity contribution in [3.8, 4) is 5.69 Å². The van der Waals surface area contributed by atoms with E-state index < -0.39 is 0 Å². The topological polar surface area (TPSA) is 80.5 Å². The number of amides is 1. The first-order valence-electron chi connectivity index (χ1n) is 9.18. The van der Waals surface area contributed by atoms with Crippen LogP contribution in [0, 0.1) is 11.7 Å². The Hall–Kier alpha value is -2.45. The first kappa shape index (κ1) is 18.9. The number of rotatable bonds is 6. The zero-order valence-corrected chi connectivity index (χ0v) is 17.3. The third-order valence-corrected chi connectivity index (χ3v) is 5.79. The van der Waals surface area contributed by atoms with Crippen LogP contribution in [0.4, 0.5) is 0 Å². The zero-order chi connectivity index (χ0) is 19.8. The maximum Gasteiger partial charge on any atom is 0.254 e. The summed E-state index contributed by atoms with van der Waals surface area (Å²) in [6, 6.07) is 5.83. The van der Waals surface area contributed by atoms with Gasteiger partial charge in [-0.15, -0.1) is 0 Å².